The number of aliphatic hydroxyl groups is 1. The van der Waals surface area contributed by atoms with Gasteiger partial charge in [-0.1, -0.05) is 35.9 Å². The first-order valence-corrected chi connectivity index (χ1v) is 15.7. The molecule has 2 atom stereocenters. The van der Waals surface area contributed by atoms with Crippen molar-refractivity contribution in [2.45, 2.75) is 49.5 Å². The van der Waals surface area contributed by atoms with Crippen LogP contribution < -0.4 is 9.04 Å². The Labute approximate surface area is 253 Å². The van der Waals surface area contributed by atoms with Crippen molar-refractivity contribution in [1.29, 1.82) is 0 Å². The molecule has 43 heavy (non-hydrogen) atoms. The lowest BCUT2D eigenvalue weighted by molar-refractivity contribution is -0.137. The SMILES string of the molecule is C/C(=C\c1ccc2c(c1)N(S(=O)(=O)c1cccc(C(F)(F)F)c1)C[C@H](CCCN1CCC(O)C1)O2)c1c(F)cccc1Cl. The van der Waals surface area contributed by atoms with Crippen LogP contribution in [0.3, 0.4) is 0 Å². The van der Waals surface area contributed by atoms with E-state index in [9.17, 15) is 31.1 Å². The number of hydrogen-bond acceptors (Lipinski definition) is 5. The smallest absolute Gasteiger partial charge is 0.416 e. The van der Waals surface area contributed by atoms with Gasteiger partial charge in [-0.15, -0.1) is 0 Å². The number of rotatable bonds is 8. The van der Waals surface area contributed by atoms with Crippen molar-refractivity contribution in [1.82, 2.24) is 4.90 Å². The number of aliphatic hydroxyl groups excluding tert-OH is 1. The summed E-state index contributed by atoms with van der Waals surface area (Å²) in [5, 5.41) is 10.0. The maximum absolute atomic E-state index is 14.5. The maximum Gasteiger partial charge on any atom is 0.416 e. The van der Waals surface area contributed by atoms with Gasteiger partial charge in [0.15, 0.2) is 0 Å². The van der Waals surface area contributed by atoms with E-state index in [0.717, 1.165) is 29.0 Å². The van der Waals surface area contributed by atoms with Crippen LogP contribution in [0, 0.1) is 5.82 Å². The fraction of sp³-hybridized carbons (Fsp3) is 0.355. The first-order chi connectivity index (χ1) is 20.3. The quantitative estimate of drug-likeness (QED) is 0.216. The fourth-order valence-electron chi connectivity index (χ4n) is 5.51. The number of fused-ring (bicyclic) bond motifs is 1. The van der Waals surface area contributed by atoms with Crippen LogP contribution in [0.5, 0.6) is 5.75 Å². The summed E-state index contributed by atoms with van der Waals surface area (Å²) >= 11 is 6.22. The molecule has 0 saturated carbocycles. The first-order valence-electron chi connectivity index (χ1n) is 13.9. The van der Waals surface area contributed by atoms with Gasteiger partial charge in [-0.05, 0) is 86.3 Å². The zero-order valence-corrected chi connectivity index (χ0v) is 24.9. The van der Waals surface area contributed by atoms with E-state index >= 15 is 0 Å². The Kier molecular flexibility index (Phi) is 9.08. The van der Waals surface area contributed by atoms with Crippen LogP contribution in [0.1, 0.15) is 42.9 Å². The molecule has 2 aliphatic rings. The summed E-state index contributed by atoms with van der Waals surface area (Å²) in [4.78, 5) is 1.64. The number of ether oxygens (including phenoxy) is 1. The molecule has 0 aromatic heterocycles. The number of halogens is 5. The first kappa shape index (κ1) is 31.3. The van der Waals surface area contributed by atoms with Gasteiger partial charge < -0.3 is 14.7 Å². The van der Waals surface area contributed by atoms with Crippen LogP contribution in [0.4, 0.5) is 23.2 Å². The predicted molar refractivity (Wildman–Crippen MR) is 158 cm³/mol. The highest BCUT2D eigenvalue weighted by molar-refractivity contribution is 7.92. The lowest BCUT2D eigenvalue weighted by Gasteiger charge is -2.36. The van der Waals surface area contributed by atoms with E-state index in [2.05, 4.69) is 4.90 Å². The maximum atomic E-state index is 14.5. The molecule has 230 valence electrons. The second-order valence-electron chi connectivity index (χ2n) is 10.8. The highest BCUT2D eigenvalue weighted by Crippen LogP contribution is 2.40. The van der Waals surface area contributed by atoms with Gasteiger partial charge in [0.25, 0.3) is 10.0 Å². The predicted octanol–water partition coefficient (Wildman–Crippen LogP) is 6.86. The molecular formula is C31H31ClF4N2O4S. The van der Waals surface area contributed by atoms with Crippen molar-refractivity contribution in [3.8, 4) is 5.75 Å². The summed E-state index contributed by atoms with van der Waals surface area (Å²) in [5.41, 5.74) is 0.321. The zero-order valence-electron chi connectivity index (χ0n) is 23.3. The van der Waals surface area contributed by atoms with Crippen molar-refractivity contribution in [3.63, 3.8) is 0 Å². The van der Waals surface area contributed by atoms with Crippen LogP contribution in [-0.4, -0.2) is 56.8 Å². The Balaban J connectivity index is 1.49. The molecule has 0 amide bonds. The number of benzene rings is 3. The van der Waals surface area contributed by atoms with Crippen molar-refractivity contribution < 1.29 is 35.8 Å². The summed E-state index contributed by atoms with van der Waals surface area (Å²) in [6.07, 6.45) is -2.11. The summed E-state index contributed by atoms with van der Waals surface area (Å²) in [5.74, 6) is -0.246. The molecule has 5 rings (SSSR count). The van der Waals surface area contributed by atoms with E-state index in [1.165, 1.54) is 12.1 Å². The number of β-amino-alcohol motifs (C(OH)–C–C–N with tert-alkyl or cyclic N) is 1. The lowest BCUT2D eigenvalue weighted by atomic mass is 10.0. The standard InChI is InChI=1S/C31H31ClF4N2O4S/c1-20(30-26(32)8-3-9-27(30)33)15-21-10-11-29-28(16-21)38(19-24(42-29)6-4-13-37-14-12-23(39)18-37)43(40,41)25-7-2-5-22(17-25)31(34,35)36/h2-3,5,7-11,15-17,23-24,39H,4,6,12-14,18-19H2,1H3/b20-15+/t23?,24-/m0/s1. The molecule has 0 radical (unpaired) electrons. The zero-order chi connectivity index (χ0) is 30.9. The number of alkyl halides is 3. The van der Waals surface area contributed by atoms with Gasteiger partial charge in [0.2, 0.25) is 0 Å². The third kappa shape index (κ3) is 7.01. The van der Waals surface area contributed by atoms with E-state index in [1.54, 1.807) is 37.3 Å². The Morgan fingerprint density at radius 2 is 1.88 bits per heavy atom. The Hall–Kier alpha value is -3.12. The van der Waals surface area contributed by atoms with Crippen LogP contribution >= 0.6 is 11.6 Å². The average Bonchev–Trinajstić information content (AvgIpc) is 3.37. The number of hydrogen-bond donors (Lipinski definition) is 1. The molecule has 1 unspecified atom stereocenters. The third-order valence-corrected chi connectivity index (χ3v) is 9.74. The van der Waals surface area contributed by atoms with E-state index < -0.39 is 38.6 Å². The van der Waals surface area contributed by atoms with Crippen LogP contribution in [0.15, 0.2) is 65.6 Å². The monoisotopic (exact) mass is 638 g/mol. The van der Waals surface area contributed by atoms with Gasteiger partial charge in [-0.3, -0.25) is 4.31 Å². The molecule has 1 fully saturated rings. The Bertz CT molecular complexity index is 1610. The molecule has 0 aliphatic carbocycles. The number of likely N-dealkylation sites (tertiary alicyclic amines) is 1. The van der Waals surface area contributed by atoms with E-state index in [4.69, 9.17) is 16.3 Å². The molecular weight excluding hydrogens is 608 g/mol. The summed E-state index contributed by atoms with van der Waals surface area (Å²) in [6.45, 7) is 3.62. The normalized spacial score (nSPS) is 19.8. The Morgan fingerprint density at radius 1 is 1.12 bits per heavy atom. The molecule has 1 N–H and O–H groups in total. The van der Waals surface area contributed by atoms with Crippen molar-refractivity contribution in [2.24, 2.45) is 0 Å². The molecule has 0 spiro atoms. The number of anilines is 1. The van der Waals surface area contributed by atoms with Gasteiger partial charge >= 0.3 is 6.18 Å². The summed E-state index contributed by atoms with van der Waals surface area (Å²) in [6, 6.07) is 12.9. The van der Waals surface area contributed by atoms with Gasteiger partial charge in [-0.25, -0.2) is 12.8 Å². The molecule has 3 aromatic rings. The van der Waals surface area contributed by atoms with Crippen LogP contribution in [0.2, 0.25) is 5.02 Å². The highest BCUT2D eigenvalue weighted by Gasteiger charge is 2.37. The lowest BCUT2D eigenvalue weighted by Crippen LogP contribution is -2.44. The largest absolute Gasteiger partial charge is 0.486 e. The molecule has 3 aromatic carbocycles. The van der Waals surface area contributed by atoms with Crippen molar-refractivity contribution >= 4 is 39.0 Å². The topological polar surface area (TPSA) is 70.1 Å². The van der Waals surface area contributed by atoms with Crippen molar-refractivity contribution in [2.75, 3.05) is 30.5 Å². The van der Waals surface area contributed by atoms with Gasteiger partial charge in [0, 0.05) is 18.7 Å². The van der Waals surface area contributed by atoms with E-state index in [1.807, 2.05) is 0 Å². The van der Waals surface area contributed by atoms with E-state index in [-0.39, 0.29) is 34.7 Å². The molecule has 2 heterocycles. The van der Waals surface area contributed by atoms with Gasteiger partial charge in [0.05, 0.1) is 33.8 Å². The van der Waals surface area contributed by atoms with Gasteiger partial charge in [-0.2, -0.15) is 13.2 Å². The minimum absolute atomic E-state index is 0.112. The van der Waals surface area contributed by atoms with Crippen LogP contribution in [-0.2, 0) is 16.2 Å². The molecule has 6 nitrogen and oxygen atoms in total. The second-order valence-corrected chi connectivity index (χ2v) is 13.1. The minimum Gasteiger partial charge on any atom is -0.486 e. The fourth-order valence-corrected chi connectivity index (χ4v) is 7.37. The molecule has 1 saturated heterocycles. The van der Waals surface area contributed by atoms with Crippen LogP contribution in [0.25, 0.3) is 11.6 Å². The highest BCUT2D eigenvalue weighted by atomic mass is 35.5. The molecule has 2 aliphatic heterocycles. The minimum atomic E-state index is -4.72. The van der Waals surface area contributed by atoms with Crippen molar-refractivity contribution in [3.05, 3.63) is 88.2 Å². The number of nitrogens with zero attached hydrogens (tertiary/aromatic N) is 2. The average molecular weight is 639 g/mol. The summed E-state index contributed by atoms with van der Waals surface area (Å²) in [7, 11) is -4.44. The van der Waals surface area contributed by atoms with Gasteiger partial charge in [0.1, 0.15) is 17.7 Å². The Morgan fingerprint density at radius 3 is 2.58 bits per heavy atom. The number of sulfonamides is 1. The summed E-state index contributed by atoms with van der Waals surface area (Å²) < 4.78 is 90.1. The molecule has 0 bridgehead atoms. The van der Waals surface area contributed by atoms with E-state index in [0.29, 0.717) is 49.6 Å². The third-order valence-electron chi connectivity index (χ3n) is 7.65. The molecule has 12 heteroatoms. The number of allylic oxidation sites excluding steroid dienone is 1. The second kappa shape index (κ2) is 12.5.